The molecule has 1 saturated carbocycles. The number of hydrogen-bond donors (Lipinski definition) is 0. The van der Waals surface area contributed by atoms with E-state index in [4.69, 9.17) is 9.47 Å². The highest BCUT2D eigenvalue weighted by Gasteiger charge is 2.21. The van der Waals surface area contributed by atoms with Gasteiger partial charge in [0.05, 0.1) is 7.11 Å². The van der Waals surface area contributed by atoms with E-state index < -0.39 is 0 Å². The molecule has 1 aliphatic rings. The minimum atomic E-state index is -0.373. The molecule has 0 spiro atoms. The zero-order valence-corrected chi connectivity index (χ0v) is 16.2. The summed E-state index contributed by atoms with van der Waals surface area (Å²) in [5.74, 6) is 2.55. The van der Waals surface area contributed by atoms with Crippen molar-refractivity contribution in [1.29, 1.82) is 0 Å². The van der Waals surface area contributed by atoms with Crippen molar-refractivity contribution in [3.8, 4) is 11.5 Å². The number of benzene rings is 2. The van der Waals surface area contributed by atoms with Gasteiger partial charge in [0.2, 0.25) is 0 Å². The number of carbonyl (C=O) groups excluding carboxylic acids is 1. The molecule has 0 N–H and O–H groups in total. The van der Waals surface area contributed by atoms with Gasteiger partial charge < -0.3 is 9.47 Å². The largest absolute Gasteiger partial charge is 0.497 e. The average molecular weight is 364 g/mol. The first-order valence-corrected chi connectivity index (χ1v) is 9.82. The van der Waals surface area contributed by atoms with Crippen molar-refractivity contribution in [2.45, 2.75) is 44.9 Å². The maximum Gasteiger partial charge on any atom is 0.336 e. The minimum Gasteiger partial charge on any atom is -0.497 e. The van der Waals surface area contributed by atoms with Gasteiger partial charge in [-0.3, -0.25) is 0 Å². The topological polar surface area (TPSA) is 35.5 Å². The number of esters is 1. The van der Waals surface area contributed by atoms with E-state index in [0.29, 0.717) is 11.7 Å². The Labute approximate surface area is 162 Å². The lowest BCUT2D eigenvalue weighted by atomic mass is 9.78. The van der Waals surface area contributed by atoms with Gasteiger partial charge in [-0.25, -0.2) is 4.79 Å². The molecule has 0 saturated heterocycles. The SMILES string of the molecule is CCC1CCC(c2ccc(OC(=O)/C=C/c3ccc(OC)cc3)cc2)CC1. The molecule has 3 heteroatoms. The number of methoxy groups -OCH3 is 1. The van der Waals surface area contributed by atoms with E-state index in [-0.39, 0.29) is 5.97 Å². The fourth-order valence-electron chi connectivity index (χ4n) is 3.74. The lowest BCUT2D eigenvalue weighted by Crippen LogP contribution is -2.12. The zero-order chi connectivity index (χ0) is 19.1. The first kappa shape index (κ1) is 19.2. The highest BCUT2D eigenvalue weighted by atomic mass is 16.5. The van der Waals surface area contributed by atoms with E-state index in [1.165, 1.54) is 43.7 Å². The minimum absolute atomic E-state index is 0.373. The molecule has 1 fully saturated rings. The summed E-state index contributed by atoms with van der Waals surface area (Å²) < 4.78 is 10.5. The number of carbonyl (C=O) groups is 1. The van der Waals surface area contributed by atoms with Gasteiger partial charge in [-0.1, -0.05) is 37.6 Å². The van der Waals surface area contributed by atoms with Gasteiger partial charge in [0.15, 0.2) is 0 Å². The van der Waals surface area contributed by atoms with Crippen LogP contribution in [0.25, 0.3) is 6.08 Å². The van der Waals surface area contributed by atoms with E-state index in [2.05, 4.69) is 19.1 Å². The summed E-state index contributed by atoms with van der Waals surface area (Å²) in [6, 6.07) is 15.5. The molecule has 27 heavy (non-hydrogen) atoms. The molecule has 0 bridgehead atoms. The molecule has 0 atom stereocenters. The molecule has 0 radical (unpaired) electrons. The van der Waals surface area contributed by atoms with E-state index in [1.54, 1.807) is 13.2 Å². The third-order valence-electron chi connectivity index (χ3n) is 5.52. The van der Waals surface area contributed by atoms with Crippen LogP contribution >= 0.6 is 0 Å². The Morgan fingerprint density at radius 2 is 1.59 bits per heavy atom. The molecule has 3 rings (SSSR count). The molecule has 0 amide bonds. The maximum absolute atomic E-state index is 12.0. The molecule has 1 aliphatic carbocycles. The van der Waals surface area contributed by atoms with Crippen LogP contribution in [0.4, 0.5) is 0 Å². The van der Waals surface area contributed by atoms with Crippen molar-refractivity contribution in [2.75, 3.05) is 7.11 Å². The van der Waals surface area contributed by atoms with Crippen LogP contribution in [0.2, 0.25) is 0 Å². The predicted octanol–water partition coefficient (Wildman–Crippen LogP) is 6.00. The Bertz CT molecular complexity index is 751. The standard InChI is InChI=1S/C24H28O3/c1-3-18-4-9-20(10-5-18)21-11-15-23(16-12-21)27-24(25)17-8-19-6-13-22(26-2)14-7-19/h6-8,11-18,20H,3-5,9-10H2,1-2H3/b17-8+. The van der Waals surface area contributed by atoms with Crippen LogP contribution in [-0.2, 0) is 4.79 Å². The second-order valence-corrected chi connectivity index (χ2v) is 7.22. The lowest BCUT2D eigenvalue weighted by molar-refractivity contribution is -0.128. The van der Waals surface area contributed by atoms with E-state index in [0.717, 1.165) is 17.2 Å². The molecule has 142 valence electrons. The molecule has 0 unspecified atom stereocenters. The molecular weight excluding hydrogens is 336 g/mol. The Balaban J connectivity index is 1.53. The molecular formula is C24H28O3. The average Bonchev–Trinajstić information content (AvgIpc) is 2.73. The van der Waals surface area contributed by atoms with Crippen molar-refractivity contribution in [3.05, 3.63) is 65.7 Å². The summed E-state index contributed by atoms with van der Waals surface area (Å²) in [5.41, 5.74) is 2.28. The van der Waals surface area contributed by atoms with Gasteiger partial charge in [0.25, 0.3) is 0 Å². The van der Waals surface area contributed by atoms with Crippen LogP contribution in [0.5, 0.6) is 11.5 Å². The number of rotatable bonds is 6. The van der Waals surface area contributed by atoms with Crippen LogP contribution in [0.3, 0.4) is 0 Å². The molecule has 2 aromatic rings. The fraction of sp³-hybridized carbons (Fsp3) is 0.375. The summed E-state index contributed by atoms with van der Waals surface area (Å²) in [6.45, 7) is 2.29. The van der Waals surface area contributed by atoms with Crippen LogP contribution in [0.15, 0.2) is 54.6 Å². The van der Waals surface area contributed by atoms with Crippen molar-refractivity contribution in [1.82, 2.24) is 0 Å². The molecule has 0 heterocycles. The first-order valence-electron chi connectivity index (χ1n) is 9.82. The van der Waals surface area contributed by atoms with Crippen molar-refractivity contribution in [3.63, 3.8) is 0 Å². The summed E-state index contributed by atoms with van der Waals surface area (Å²) in [7, 11) is 1.63. The second-order valence-electron chi connectivity index (χ2n) is 7.22. The summed E-state index contributed by atoms with van der Waals surface area (Å²) in [4.78, 5) is 12.0. The van der Waals surface area contributed by atoms with Crippen LogP contribution in [0, 0.1) is 5.92 Å². The third kappa shape index (κ3) is 5.46. The van der Waals surface area contributed by atoms with Crippen LogP contribution in [-0.4, -0.2) is 13.1 Å². The monoisotopic (exact) mass is 364 g/mol. The Hall–Kier alpha value is -2.55. The Morgan fingerprint density at radius 3 is 2.19 bits per heavy atom. The third-order valence-corrected chi connectivity index (χ3v) is 5.52. The van der Waals surface area contributed by atoms with E-state index in [1.807, 2.05) is 36.4 Å². The highest BCUT2D eigenvalue weighted by Crippen LogP contribution is 2.37. The van der Waals surface area contributed by atoms with Crippen molar-refractivity contribution < 1.29 is 14.3 Å². The highest BCUT2D eigenvalue weighted by molar-refractivity contribution is 5.88. The van der Waals surface area contributed by atoms with Gasteiger partial charge in [-0.05, 0) is 79.0 Å². The Kier molecular flexibility index (Phi) is 6.69. The van der Waals surface area contributed by atoms with Gasteiger partial charge >= 0.3 is 5.97 Å². The maximum atomic E-state index is 12.0. The van der Waals surface area contributed by atoms with Crippen molar-refractivity contribution in [2.24, 2.45) is 5.92 Å². The van der Waals surface area contributed by atoms with Gasteiger partial charge in [-0.15, -0.1) is 0 Å². The lowest BCUT2D eigenvalue weighted by Gasteiger charge is -2.28. The smallest absolute Gasteiger partial charge is 0.336 e. The van der Waals surface area contributed by atoms with Gasteiger partial charge in [0, 0.05) is 6.08 Å². The predicted molar refractivity (Wildman–Crippen MR) is 109 cm³/mol. The number of ether oxygens (including phenoxy) is 2. The molecule has 3 nitrogen and oxygen atoms in total. The van der Waals surface area contributed by atoms with Crippen LogP contribution in [0.1, 0.15) is 56.1 Å². The fourth-order valence-corrected chi connectivity index (χ4v) is 3.74. The summed E-state index contributed by atoms with van der Waals surface area (Å²) in [5, 5.41) is 0. The van der Waals surface area contributed by atoms with E-state index in [9.17, 15) is 4.79 Å². The van der Waals surface area contributed by atoms with Gasteiger partial charge in [0.1, 0.15) is 11.5 Å². The second kappa shape index (κ2) is 9.40. The molecule has 2 aromatic carbocycles. The van der Waals surface area contributed by atoms with Gasteiger partial charge in [-0.2, -0.15) is 0 Å². The number of hydrogen-bond acceptors (Lipinski definition) is 3. The summed E-state index contributed by atoms with van der Waals surface area (Å²) >= 11 is 0. The summed E-state index contributed by atoms with van der Waals surface area (Å²) in [6.07, 6.45) is 9.67. The quantitative estimate of drug-likeness (QED) is 0.358. The molecule has 0 aromatic heterocycles. The van der Waals surface area contributed by atoms with E-state index >= 15 is 0 Å². The zero-order valence-electron chi connectivity index (χ0n) is 16.2. The van der Waals surface area contributed by atoms with Crippen LogP contribution < -0.4 is 9.47 Å². The van der Waals surface area contributed by atoms with Crippen molar-refractivity contribution >= 4 is 12.0 Å². The first-order chi connectivity index (χ1) is 13.2. The molecule has 0 aliphatic heterocycles. The Morgan fingerprint density at radius 1 is 0.963 bits per heavy atom. The normalized spacial score (nSPS) is 19.8.